The van der Waals surface area contributed by atoms with Crippen LogP contribution in [0.1, 0.15) is 6.92 Å². The zero-order valence-corrected chi connectivity index (χ0v) is 11.1. The molecule has 92 valence electrons. The number of carbonyl (C=O) groups is 1. The number of benzene rings is 1. The van der Waals surface area contributed by atoms with Gasteiger partial charge in [-0.2, -0.15) is 0 Å². The summed E-state index contributed by atoms with van der Waals surface area (Å²) in [5.74, 6) is -0.337. The largest absolute Gasteiger partial charge is 0.466 e. The quantitative estimate of drug-likeness (QED) is 0.674. The first-order valence-electron chi connectivity index (χ1n) is 4.98. The number of esters is 1. The maximum absolute atomic E-state index is 11.1. The minimum atomic E-state index is -0.337. The van der Waals surface area contributed by atoms with Crippen LogP contribution in [0.25, 0.3) is 0 Å². The number of methoxy groups -OCH3 is 1. The van der Waals surface area contributed by atoms with Crippen molar-refractivity contribution >= 4 is 34.9 Å². The lowest BCUT2D eigenvalue weighted by molar-refractivity contribution is -0.136. The standard InChI is InChI=1S/C12H13Cl2NO2/c1-8(12(16)17-2)3-4-15-11-6-9(13)5-10(14)7-11/h3,5-7,15H,4H2,1-2H3/b8-3+. The van der Waals surface area contributed by atoms with Gasteiger partial charge in [0.25, 0.3) is 0 Å². The molecule has 5 heteroatoms. The Hall–Kier alpha value is -1.19. The Labute approximate surface area is 110 Å². The summed E-state index contributed by atoms with van der Waals surface area (Å²) in [6.07, 6.45) is 1.74. The lowest BCUT2D eigenvalue weighted by atomic mass is 10.2. The van der Waals surface area contributed by atoms with E-state index in [0.717, 1.165) is 5.69 Å². The van der Waals surface area contributed by atoms with Gasteiger partial charge in [0.2, 0.25) is 0 Å². The van der Waals surface area contributed by atoms with Gasteiger partial charge in [-0.05, 0) is 25.1 Å². The third-order valence-electron chi connectivity index (χ3n) is 2.08. The molecule has 0 radical (unpaired) electrons. The Balaban J connectivity index is 2.59. The first kappa shape index (κ1) is 13.9. The van der Waals surface area contributed by atoms with E-state index in [1.54, 1.807) is 31.2 Å². The van der Waals surface area contributed by atoms with E-state index in [-0.39, 0.29) is 5.97 Å². The average Bonchev–Trinajstić information content (AvgIpc) is 2.26. The number of carbonyl (C=O) groups excluding carboxylic acids is 1. The fourth-order valence-electron chi connectivity index (χ4n) is 1.22. The van der Waals surface area contributed by atoms with E-state index in [1.165, 1.54) is 7.11 Å². The van der Waals surface area contributed by atoms with E-state index in [2.05, 4.69) is 10.1 Å². The van der Waals surface area contributed by atoms with Crippen molar-refractivity contribution in [1.29, 1.82) is 0 Å². The molecule has 0 saturated carbocycles. The molecule has 0 bridgehead atoms. The number of anilines is 1. The first-order chi connectivity index (χ1) is 8.02. The topological polar surface area (TPSA) is 38.3 Å². The Morgan fingerprint density at radius 2 is 1.94 bits per heavy atom. The summed E-state index contributed by atoms with van der Waals surface area (Å²) in [7, 11) is 1.35. The minimum Gasteiger partial charge on any atom is -0.466 e. The second-order valence-electron chi connectivity index (χ2n) is 3.42. The fourth-order valence-corrected chi connectivity index (χ4v) is 1.75. The number of nitrogens with one attached hydrogen (secondary N) is 1. The highest BCUT2D eigenvalue weighted by Gasteiger charge is 2.02. The van der Waals surface area contributed by atoms with Crippen molar-refractivity contribution in [2.75, 3.05) is 19.0 Å². The lowest BCUT2D eigenvalue weighted by Gasteiger charge is -2.05. The normalized spacial score (nSPS) is 11.2. The highest BCUT2D eigenvalue weighted by molar-refractivity contribution is 6.35. The molecule has 1 rings (SSSR count). The smallest absolute Gasteiger partial charge is 0.333 e. The summed E-state index contributed by atoms with van der Waals surface area (Å²) in [5.41, 5.74) is 1.35. The monoisotopic (exact) mass is 273 g/mol. The Kier molecular flexibility index (Phi) is 5.32. The SMILES string of the molecule is COC(=O)/C(C)=C/CNc1cc(Cl)cc(Cl)c1. The summed E-state index contributed by atoms with van der Waals surface area (Å²) in [4.78, 5) is 11.1. The molecule has 1 aromatic rings. The predicted molar refractivity (Wildman–Crippen MR) is 70.7 cm³/mol. The van der Waals surface area contributed by atoms with E-state index in [4.69, 9.17) is 23.2 Å². The van der Waals surface area contributed by atoms with Gasteiger partial charge in [0.1, 0.15) is 0 Å². The molecule has 0 aliphatic carbocycles. The van der Waals surface area contributed by atoms with Gasteiger partial charge in [-0.25, -0.2) is 4.79 Å². The van der Waals surface area contributed by atoms with Crippen LogP contribution in [-0.4, -0.2) is 19.6 Å². The molecule has 1 aromatic carbocycles. The fraction of sp³-hybridized carbons (Fsp3) is 0.250. The van der Waals surface area contributed by atoms with Crippen LogP contribution in [-0.2, 0) is 9.53 Å². The third kappa shape index (κ3) is 4.67. The number of rotatable bonds is 4. The van der Waals surface area contributed by atoms with Crippen molar-refractivity contribution in [2.45, 2.75) is 6.92 Å². The van der Waals surface area contributed by atoms with Crippen molar-refractivity contribution in [2.24, 2.45) is 0 Å². The molecule has 0 fully saturated rings. The van der Waals surface area contributed by atoms with Crippen molar-refractivity contribution in [1.82, 2.24) is 0 Å². The summed E-state index contributed by atoms with van der Waals surface area (Å²) < 4.78 is 4.58. The molecule has 0 spiro atoms. The lowest BCUT2D eigenvalue weighted by Crippen LogP contribution is -2.05. The van der Waals surface area contributed by atoms with E-state index >= 15 is 0 Å². The molecule has 17 heavy (non-hydrogen) atoms. The van der Waals surface area contributed by atoms with Crippen LogP contribution >= 0.6 is 23.2 Å². The van der Waals surface area contributed by atoms with Crippen LogP contribution in [0.2, 0.25) is 10.0 Å². The number of ether oxygens (including phenoxy) is 1. The Morgan fingerprint density at radius 1 is 1.35 bits per heavy atom. The zero-order chi connectivity index (χ0) is 12.8. The van der Waals surface area contributed by atoms with Crippen molar-refractivity contribution in [3.8, 4) is 0 Å². The van der Waals surface area contributed by atoms with Gasteiger partial charge in [0.05, 0.1) is 7.11 Å². The molecule has 0 aliphatic heterocycles. The summed E-state index contributed by atoms with van der Waals surface area (Å²) in [5, 5.41) is 4.21. The predicted octanol–water partition coefficient (Wildman–Crippen LogP) is 3.52. The molecular formula is C12H13Cl2NO2. The Bertz CT molecular complexity index is 424. The molecule has 0 aromatic heterocycles. The van der Waals surface area contributed by atoms with Crippen LogP contribution in [0, 0.1) is 0 Å². The van der Waals surface area contributed by atoms with Gasteiger partial charge in [0.15, 0.2) is 0 Å². The Morgan fingerprint density at radius 3 is 2.47 bits per heavy atom. The zero-order valence-electron chi connectivity index (χ0n) is 9.59. The highest BCUT2D eigenvalue weighted by Crippen LogP contribution is 2.22. The maximum Gasteiger partial charge on any atom is 0.333 e. The average molecular weight is 274 g/mol. The van der Waals surface area contributed by atoms with Gasteiger partial charge < -0.3 is 10.1 Å². The molecule has 1 N–H and O–H groups in total. The van der Waals surface area contributed by atoms with Gasteiger partial charge in [-0.3, -0.25) is 0 Å². The summed E-state index contributed by atoms with van der Waals surface area (Å²) >= 11 is 11.7. The molecule has 0 unspecified atom stereocenters. The van der Waals surface area contributed by atoms with Gasteiger partial charge in [-0.15, -0.1) is 0 Å². The van der Waals surface area contributed by atoms with Crippen molar-refractivity contribution in [3.05, 3.63) is 39.9 Å². The number of halogens is 2. The van der Waals surface area contributed by atoms with Crippen LogP contribution < -0.4 is 5.32 Å². The second kappa shape index (κ2) is 6.52. The first-order valence-corrected chi connectivity index (χ1v) is 5.73. The van der Waals surface area contributed by atoms with Crippen molar-refractivity contribution in [3.63, 3.8) is 0 Å². The van der Waals surface area contributed by atoms with Crippen LogP contribution in [0.3, 0.4) is 0 Å². The maximum atomic E-state index is 11.1. The van der Waals surface area contributed by atoms with Gasteiger partial charge >= 0.3 is 5.97 Å². The van der Waals surface area contributed by atoms with Crippen LogP contribution in [0.4, 0.5) is 5.69 Å². The second-order valence-corrected chi connectivity index (χ2v) is 4.29. The van der Waals surface area contributed by atoms with E-state index < -0.39 is 0 Å². The van der Waals surface area contributed by atoms with Crippen molar-refractivity contribution < 1.29 is 9.53 Å². The molecule has 0 amide bonds. The molecule has 0 atom stereocenters. The molecule has 0 aliphatic rings. The van der Waals surface area contributed by atoms with E-state index in [0.29, 0.717) is 22.2 Å². The van der Waals surface area contributed by atoms with E-state index in [1.807, 2.05) is 0 Å². The minimum absolute atomic E-state index is 0.337. The van der Waals surface area contributed by atoms with Crippen LogP contribution in [0.5, 0.6) is 0 Å². The third-order valence-corrected chi connectivity index (χ3v) is 2.52. The molecule has 0 heterocycles. The number of hydrogen-bond donors (Lipinski definition) is 1. The highest BCUT2D eigenvalue weighted by atomic mass is 35.5. The van der Waals surface area contributed by atoms with Gasteiger partial charge in [-0.1, -0.05) is 29.3 Å². The van der Waals surface area contributed by atoms with E-state index in [9.17, 15) is 4.79 Å². The number of hydrogen-bond acceptors (Lipinski definition) is 3. The van der Waals surface area contributed by atoms with Gasteiger partial charge in [0, 0.05) is 27.9 Å². The molecule has 3 nitrogen and oxygen atoms in total. The molecular weight excluding hydrogens is 261 g/mol. The molecule has 0 saturated heterocycles. The van der Waals surface area contributed by atoms with Crippen LogP contribution in [0.15, 0.2) is 29.8 Å². The summed E-state index contributed by atoms with van der Waals surface area (Å²) in [6.45, 7) is 2.19. The summed E-state index contributed by atoms with van der Waals surface area (Å²) in [6, 6.07) is 5.17.